The Balaban J connectivity index is 1.94. The Labute approximate surface area is 138 Å². The van der Waals surface area contributed by atoms with E-state index in [1.165, 1.54) is 0 Å². The van der Waals surface area contributed by atoms with Gasteiger partial charge in [-0.25, -0.2) is 4.98 Å². The minimum Gasteiger partial charge on any atom is -0.396 e. The van der Waals surface area contributed by atoms with Crippen LogP contribution < -0.4 is 5.32 Å². The molecule has 1 aromatic rings. The van der Waals surface area contributed by atoms with Crippen LogP contribution in [0.2, 0.25) is 0 Å². The first-order chi connectivity index (χ1) is 11.0. The second kappa shape index (κ2) is 8.45. The van der Waals surface area contributed by atoms with Crippen molar-refractivity contribution in [1.29, 1.82) is 0 Å². The van der Waals surface area contributed by atoms with Crippen molar-refractivity contribution < 1.29 is 9.90 Å². The maximum absolute atomic E-state index is 12.9. The average Bonchev–Trinajstić information content (AvgIpc) is 2.95. The van der Waals surface area contributed by atoms with Gasteiger partial charge in [-0.2, -0.15) is 0 Å². The second-order valence-corrected chi connectivity index (χ2v) is 7.01. The van der Waals surface area contributed by atoms with Crippen LogP contribution in [0.25, 0.3) is 0 Å². The number of nitrogens with zero attached hydrogens (tertiary/aromatic N) is 3. The van der Waals surface area contributed by atoms with Gasteiger partial charge in [-0.1, -0.05) is 13.8 Å². The van der Waals surface area contributed by atoms with Gasteiger partial charge in [0, 0.05) is 39.5 Å². The summed E-state index contributed by atoms with van der Waals surface area (Å²) < 4.78 is 1.97. The van der Waals surface area contributed by atoms with Gasteiger partial charge in [0.15, 0.2) is 0 Å². The number of likely N-dealkylation sites (tertiary alicyclic amines) is 1. The molecule has 1 aromatic heterocycles. The molecule has 0 saturated carbocycles. The van der Waals surface area contributed by atoms with Gasteiger partial charge in [0.1, 0.15) is 0 Å². The predicted octanol–water partition coefficient (Wildman–Crippen LogP) is 1.16. The number of aryl methyl sites for hydroxylation is 1. The number of imidazole rings is 1. The zero-order chi connectivity index (χ0) is 16.8. The molecule has 0 radical (unpaired) electrons. The Bertz CT molecular complexity index is 493. The molecule has 0 spiro atoms. The van der Waals surface area contributed by atoms with Gasteiger partial charge >= 0.3 is 0 Å². The van der Waals surface area contributed by atoms with Crippen molar-refractivity contribution in [2.45, 2.75) is 45.7 Å². The summed E-state index contributed by atoms with van der Waals surface area (Å²) in [5.74, 6) is 1.00. The fourth-order valence-electron chi connectivity index (χ4n) is 3.08. The van der Waals surface area contributed by atoms with E-state index >= 15 is 0 Å². The lowest BCUT2D eigenvalue weighted by atomic mass is 9.96. The van der Waals surface area contributed by atoms with Crippen LogP contribution in [-0.2, 0) is 18.4 Å². The molecule has 1 atom stereocenters. The van der Waals surface area contributed by atoms with E-state index < -0.39 is 0 Å². The Morgan fingerprint density at radius 1 is 1.43 bits per heavy atom. The maximum Gasteiger partial charge on any atom is 0.239 e. The van der Waals surface area contributed by atoms with Crippen molar-refractivity contribution >= 4 is 5.91 Å². The zero-order valence-corrected chi connectivity index (χ0v) is 14.5. The Morgan fingerprint density at radius 3 is 2.65 bits per heavy atom. The summed E-state index contributed by atoms with van der Waals surface area (Å²) in [7, 11) is 1.96. The highest BCUT2D eigenvalue weighted by atomic mass is 16.3. The van der Waals surface area contributed by atoms with Crippen molar-refractivity contribution in [3.8, 4) is 0 Å². The number of aliphatic hydroxyl groups is 1. The predicted molar refractivity (Wildman–Crippen MR) is 89.7 cm³/mol. The quantitative estimate of drug-likeness (QED) is 0.790. The minimum absolute atomic E-state index is 0.157. The molecule has 1 aliphatic heterocycles. The summed E-state index contributed by atoms with van der Waals surface area (Å²) in [6.45, 7) is 6.68. The summed E-state index contributed by atoms with van der Waals surface area (Å²) in [6, 6.07) is -0.157. The topological polar surface area (TPSA) is 70.4 Å². The minimum atomic E-state index is -0.157. The molecule has 0 aliphatic carbocycles. The third-order valence-corrected chi connectivity index (χ3v) is 4.64. The molecular weight excluding hydrogens is 292 g/mol. The number of hydrogen-bond acceptors (Lipinski definition) is 4. The number of carbonyl (C=O) groups excluding carboxylic acids is 1. The fourth-order valence-corrected chi connectivity index (χ4v) is 3.08. The number of amides is 1. The molecule has 23 heavy (non-hydrogen) atoms. The Hall–Kier alpha value is -1.40. The summed E-state index contributed by atoms with van der Waals surface area (Å²) in [5, 5.41) is 12.7. The van der Waals surface area contributed by atoms with Crippen LogP contribution >= 0.6 is 0 Å². The highest BCUT2D eigenvalue weighted by Crippen LogP contribution is 2.18. The first-order valence-electron chi connectivity index (χ1n) is 8.59. The van der Waals surface area contributed by atoms with Gasteiger partial charge in [0.2, 0.25) is 5.91 Å². The van der Waals surface area contributed by atoms with Crippen LogP contribution in [0.4, 0.5) is 0 Å². The molecule has 6 nitrogen and oxygen atoms in total. The first-order valence-corrected chi connectivity index (χ1v) is 8.59. The van der Waals surface area contributed by atoms with Crippen LogP contribution in [0, 0.1) is 11.8 Å². The molecule has 1 aliphatic rings. The summed E-state index contributed by atoms with van der Waals surface area (Å²) in [4.78, 5) is 18.9. The summed E-state index contributed by atoms with van der Waals surface area (Å²) in [6.07, 6.45) is 6.24. The van der Waals surface area contributed by atoms with Crippen molar-refractivity contribution in [2.24, 2.45) is 18.9 Å². The number of carbonyl (C=O) groups is 1. The van der Waals surface area contributed by atoms with Crippen molar-refractivity contribution in [2.75, 3.05) is 19.7 Å². The lowest BCUT2D eigenvalue weighted by Gasteiger charge is -2.34. The number of rotatable bonds is 7. The summed E-state index contributed by atoms with van der Waals surface area (Å²) >= 11 is 0. The largest absolute Gasteiger partial charge is 0.396 e. The Kier molecular flexibility index (Phi) is 6.59. The second-order valence-electron chi connectivity index (χ2n) is 7.01. The monoisotopic (exact) mass is 322 g/mol. The molecule has 1 amide bonds. The number of nitrogens with one attached hydrogen (secondary N) is 1. The number of aliphatic hydroxyl groups excluding tert-OH is 1. The molecule has 130 valence electrons. The lowest BCUT2D eigenvalue weighted by Crippen LogP contribution is -2.49. The summed E-state index contributed by atoms with van der Waals surface area (Å²) in [5.41, 5.74) is 1.07. The third kappa shape index (κ3) is 5.04. The van der Waals surface area contributed by atoms with Crippen molar-refractivity contribution in [3.05, 3.63) is 18.2 Å². The molecule has 1 fully saturated rings. The van der Waals surface area contributed by atoms with Crippen molar-refractivity contribution in [1.82, 2.24) is 19.8 Å². The van der Waals surface area contributed by atoms with Crippen molar-refractivity contribution in [3.63, 3.8) is 0 Å². The number of hydrogen-bond donors (Lipinski definition) is 2. The average molecular weight is 322 g/mol. The molecule has 2 rings (SSSR count). The molecule has 0 bridgehead atoms. The van der Waals surface area contributed by atoms with Gasteiger partial charge in [0.25, 0.3) is 0 Å². The van der Waals surface area contributed by atoms with Gasteiger partial charge in [0.05, 0.1) is 18.1 Å². The van der Waals surface area contributed by atoms with Crippen LogP contribution in [0.5, 0.6) is 0 Å². The smallest absolute Gasteiger partial charge is 0.239 e. The van der Waals surface area contributed by atoms with E-state index in [0.717, 1.165) is 38.0 Å². The molecule has 0 aromatic carbocycles. The number of piperidine rings is 1. The number of aromatic nitrogens is 2. The van der Waals surface area contributed by atoms with Gasteiger partial charge in [-0.3, -0.25) is 4.79 Å². The zero-order valence-electron chi connectivity index (χ0n) is 14.5. The maximum atomic E-state index is 12.9. The molecule has 1 unspecified atom stereocenters. The van der Waals surface area contributed by atoms with Crippen LogP contribution in [0.3, 0.4) is 0 Å². The highest BCUT2D eigenvalue weighted by molar-refractivity contribution is 5.82. The van der Waals surface area contributed by atoms with Gasteiger partial charge in [-0.15, -0.1) is 0 Å². The molecule has 2 N–H and O–H groups in total. The van der Waals surface area contributed by atoms with Crippen LogP contribution in [0.15, 0.2) is 12.5 Å². The van der Waals surface area contributed by atoms with E-state index in [0.29, 0.717) is 18.4 Å². The molecule has 1 saturated heterocycles. The van der Waals surface area contributed by atoms with Crippen LogP contribution in [0.1, 0.15) is 38.8 Å². The SMILES string of the molecule is CC(C)CC(NCc1cncn1C)C(=O)N1CCC(CO)CC1. The third-order valence-electron chi connectivity index (χ3n) is 4.64. The fraction of sp³-hybridized carbons (Fsp3) is 0.765. The highest BCUT2D eigenvalue weighted by Gasteiger charge is 2.28. The standard InChI is InChI=1S/C17H30N4O2/c1-13(2)8-16(19-10-15-9-18-12-20(15)3)17(23)21-6-4-14(11-22)5-7-21/h9,12-14,16,19,22H,4-8,10-11H2,1-3H3. The van der Waals surface area contributed by atoms with E-state index in [1.54, 1.807) is 6.33 Å². The molecule has 2 heterocycles. The van der Waals surface area contributed by atoms with Crippen LogP contribution in [-0.4, -0.2) is 51.2 Å². The molecular formula is C17H30N4O2. The Morgan fingerprint density at radius 2 is 2.13 bits per heavy atom. The van der Waals surface area contributed by atoms with E-state index in [9.17, 15) is 9.90 Å². The normalized spacial score (nSPS) is 17.7. The van der Waals surface area contributed by atoms with E-state index in [-0.39, 0.29) is 18.6 Å². The van der Waals surface area contributed by atoms with Gasteiger partial charge < -0.3 is 19.9 Å². The van der Waals surface area contributed by atoms with E-state index in [2.05, 4.69) is 24.1 Å². The van der Waals surface area contributed by atoms with E-state index in [4.69, 9.17) is 0 Å². The first kappa shape index (κ1) is 17.9. The van der Waals surface area contributed by atoms with E-state index in [1.807, 2.05) is 22.7 Å². The lowest BCUT2D eigenvalue weighted by molar-refractivity contribution is -0.135. The van der Waals surface area contributed by atoms with Gasteiger partial charge in [-0.05, 0) is 31.1 Å². The molecule has 6 heteroatoms.